The first-order valence-electron chi connectivity index (χ1n) is 16.7. The molecule has 13 heteroatoms. The normalized spacial score (nSPS) is 34.5. The first-order valence-corrected chi connectivity index (χ1v) is 16.7. The lowest BCUT2D eigenvalue weighted by Crippen LogP contribution is -2.63. The van der Waals surface area contributed by atoms with Gasteiger partial charge in [-0.25, -0.2) is 0 Å². The number of hydrogen-bond donors (Lipinski definition) is 5. The van der Waals surface area contributed by atoms with Crippen molar-refractivity contribution in [3.8, 4) is 12.5 Å². The van der Waals surface area contributed by atoms with Crippen LogP contribution in [0.25, 0.3) is 0 Å². The fraction of sp³-hybridized carbons (Fsp3) is 0.853. The van der Waals surface area contributed by atoms with Crippen molar-refractivity contribution < 1.29 is 44.0 Å². The molecule has 2 fully saturated rings. The molecular weight excluding hydrogens is 608 g/mol. The molecule has 2 aliphatic heterocycles. The van der Waals surface area contributed by atoms with Gasteiger partial charge in [0.05, 0.1) is 36.2 Å². The van der Waals surface area contributed by atoms with Crippen LogP contribution in [0.2, 0.25) is 0 Å². The van der Waals surface area contributed by atoms with Crippen LogP contribution >= 0.6 is 0 Å². The molecule has 2 saturated heterocycles. The lowest BCUT2D eigenvalue weighted by molar-refractivity contribution is -0.293. The Labute approximate surface area is 281 Å². The minimum absolute atomic E-state index is 0.0500. The number of terminal acetylenes is 1. The third kappa shape index (κ3) is 9.44. The van der Waals surface area contributed by atoms with Gasteiger partial charge in [0, 0.05) is 24.0 Å². The van der Waals surface area contributed by atoms with Crippen LogP contribution in [0.5, 0.6) is 0 Å². The molecule has 0 radical (unpaired) electrons. The van der Waals surface area contributed by atoms with Gasteiger partial charge < -0.3 is 49.9 Å². The van der Waals surface area contributed by atoms with Crippen molar-refractivity contribution in [2.24, 2.45) is 16.5 Å². The molecule has 0 aromatic heterocycles. The molecule has 2 heterocycles. The minimum Gasteiger partial charge on any atom is -0.458 e. The molecule has 2 aliphatic rings. The number of aliphatic hydroxyl groups excluding tert-OH is 1. The average Bonchev–Trinajstić information content (AvgIpc) is 3.00. The highest BCUT2D eigenvalue weighted by Gasteiger charge is 2.53. The van der Waals surface area contributed by atoms with E-state index < -0.39 is 64.9 Å². The number of carbonyl (C=O) groups excluding carboxylic acids is 2. The van der Waals surface area contributed by atoms with Gasteiger partial charge in [0.25, 0.3) is 0 Å². The smallest absolute Gasteiger partial charge is 0.319 e. The van der Waals surface area contributed by atoms with E-state index in [2.05, 4.69) is 21.8 Å². The number of ketones is 1. The second-order valence-electron chi connectivity index (χ2n) is 14.3. The number of hydrogen-bond acceptors (Lipinski definition) is 13. The van der Waals surface area contributed by atoms with Gasteiger partial charge in [-0.3, -0.25) is 9.59 Å². The predicted molar refractivity (Wildman–Crippen MR) is 178 cm³/mol. The highest BCUT2D eigenvalue weighted by Crippen LogP contribution is 2.39. The summed E-state index contributed by atoms with van der Waals surface area (Å²) in [6.45, 7) is 16.2. The van der Waals surface area contributed by atoms with Gasteiger partial charge in [0.2, 0.25) is 0 Å². The first-order chi connectivity index (χ1) is 21.8. The van der Waals surface area contributed by atoms with Crippen LogP contribution in [0.3, 0.4) is 0 Å². The van der Waals surface area contributed by atoms with Crippen molar-refractivity contribution in [1.29, 1.82) is 0 Å². The van der Waals surface area contributed by atoms with Crippen LogP contribution in [0.4, 0.5) is 0 Å². The van der Waals surface area contributed by atoms with E-state index in [1.165, 1.54) is 6.92 Å². The molecule has 11 atom stereocenters. The quantitative estimate of drug-likeness (QED) is 0.0513. The Morgan fingerprint density at radius 1 is 1.28 bits per heavy atom. The van der Waals surface area contributed by atoms with Crippen LogP contribution in [0.1, 0.15) is 88.0 Å². The summed E-state index contributed by atoms with van der Waals surface area (Å²) in [5, 5.41) is 42.3. The fourth-order valence-corrected chi connectivity index (χ4v) is 6.93. The van der Waals surface area contributed by atoms with E-state index in [-0.39, 0.29) is 49.8 Å². The highest BCUT2D eigenvalue weighted by atomic mass is 16.7. The Balaban J connectivity index is 2.53. The zero-order valence-corrected chi connectivity index (χ0v) is 30.2. The summed E-state index contributed by atoms with van der Waals surface area (Å²) >= 11 is 0. The lowest BCUT2D eigenvalue weighted by atomic mass is 9.72. The van der Waals surface area contributed by atoms with Crippen molar-refractivity contribution in [2.75, 3.05) is 27.2 Å². The van der Waals surface area contributed by atoms with Gasteiger partial charge >= 0.3 is 5.97 Å². The molecular formula is C34H60N4O9. The summed E-state index contributed by atoms with van der Waals surface area (Å²) < 4.78 is 24.7. The van der Waals surface area contributed by atoms with E-state index in [0.29, 0.717) is 13.0 Å². The third-order valence-electron chi connectivity index (χ3n) is 9.94. The molecule has 0 bridgehead atoms. The topological polar surface area (TPSA) is 171 Å². The second-order valence-corrected chi connectivity index (χ2v) is 14.3. The molecule has 0 aromatic rings. The van der Waals surface area contributed by atoms with Gasteiger partial charge in [-0.15, -0.1) is 0 Å². The maximum atomic E-state index is 14.6. The molecule has 2 rings (SSSR count). The van der Waals surface area contributed by atoms with Crippen molar-refractivity contribution in [1.82, 2.24) is 15.5 Å². The number of aliphatic hydroxyl groups is 2. The summed E-state index contributed by atoms with van der Waals surface area (Å²) in [6.07, 6.45) is 2.03. The van der Waals surface area contributed by atoms with Gasteiger partial charge in [0.1, 0.15) is 23.2 Å². The maximum Gasteiger partial charge on any atom is 0.319 e. The van der Waals surface area contributed by atoms with E-state index in [1.807, 2.05) is 39.8 Å². The molecule has 0 spiro atoms. The van der Waals surface area contributed by atoms with Crippen molar-refractivity contribution in [3.05, 3.63) is 0 Å². The monoisotopic (exact) mass is 668 g/mol. The minimum atomic E-state index is -1.73. The zero-order valence-electron chi connectivity index (χ0n) is 30.2. The molecule has 4 unspecified atom stereocenters. The molecule has 13 nitrogen and oxygen atoms in total. The molecule has 0 aromatic carbocycles. The first kappa shape index (κ1) is 40.9. The number of esters is 1. The summed E-state index contributed by atoms with van der Waals surface area (Å²) in [6, 6.07) is 1.15. The van der Waals surface area contributed by atoms with Crippen LogP contribution < -0.4 is 10.6 Å². The Bertz CT molecular complexity index is 1120. The lowest BCUT2D eigenvalue weighted by Gasteiger charge is -2.46. The van der Waals surface area contributed by atoms with E-state index in [9.17, 15) is 25.0 Å². The number of nitrogens with zero attached hydrogens (tertiary/aromatic N) is 2. The number of rotatable bonds is 12. The van der Waals surface area contributed by atoms with Gasteiger partial charge in [-0.1, -0.05) is 32.4 Å². The Morgan fingerprint density at radius 2 is 1.91 bits per heavy atom. The summed E-state index contributed by atoms with van der Waals surface area (Å²) in [5.41, 5.74) is -4.30. The molecule has 47 heavy (non-hydrogen) atoms. The van der Waals surface area contributed by atoms with Crippen LogP contribution in [-0.2, 0) is 28.5 Å². The summed E-state index contributed by atoms with van der Waals surface area (Å²) in [5.74, 6) is -2.26. The number of likely N-dealkylation sites (N-methyl/N-ethyl adjacent to an activating group) is 2. The number of ether oxygens (including phenoxy) is 4. The van der Waals surface area contributed by atoms with Crippen LogP contribution in [-0.4, -0.2) is 125 Å². The Hall–Kier alpha value is -2.31. The number of oxime groups is 1. The second kappa shape index (κ2) is 16.9. The Kier molecular flexibility index (Phi) is 14.7. The largest absolute Gasteiger partial charge is 0.458 e. The Morgan fingerprint density at radius 3 is 2.45 bits per heavy atom. The van der Waals surface area contributed by atoms with Crippen molar-refractivity contribution in [3.63, 3.8) is 0 Å². The fourth-order valence-electron chi connectivity index (χ4n) is 6.93. The SMILES string of the molecule is C#CN[C@H]([C@@H](C)NCC)[C@](C)(O)[C@@H](CC)OC(=O)[C@@]1(C)CC/C(=N\O)COC(C)(C)[C@H](OC2OC(C)CC(N(C)C)C2O)[C@@H](C)C1=O. The molecule has 5 N–H and O–H groups in total. The van der Waals surface area contributed by atoms with Crippen LogP contribution in [0.15, 0.2) is 5.16 Å². The van der Waals surface area contributed by atoms with Crippen molar-refractivity contribution >= 4 is 17.5 Å². The average molecular weight is 669 g/mol. The van der Waals surface area contributed by atoms with Crippen molar-refractivity contribution in [2.45, 2.75) is 148 Å². The molecule has 0 aliphatic carbocycles. The van der Waals surface area contributed by atoms with E-state index in [1.54, 1.807) is 34.6 Å². The third-order valence-corrected chi connectivity index (χ3v) is 9.94. The van der Waals surface area contributed by atoms with Crippen LogP contribution in [0, 0.1) is 23.8 Å². The standard InChI is InChI=1S/C34H60N4O9/c1-13-25(34(10,42)27(36-15-3)22(6)35-14-2)46-31(41)33(9)17-16-23(37-43)19-44-32(7,8)29(21(5)28(33)40)47-30-26(39)24(38(11)12)18-20(4)45-30/h3,20-22,24-27,29-30,35-36,39,42-43H,13-14,16-19H2,1-2,4-12H3/b37-23+/t20?,21-,22+,24?,25+,26?,27+,29+,30?,33-,34+/m0/s1. The number of nitrogens with one attached hydrogen (secondary N) is 2. The maximum absolute atomic E-state index is 14.6. The molecule has 270 valence electrons. The molecule has 0 saturated carbocycles. The van der Waals surface area contributed by atoms with Gasteiger partial charge in [0.15, 0.2) is 12.1 Å². The summed E-state index contributed by atoms with van der Waals surface area (Å²) in [7, 11) is 3.73. The number of carbonyl (C=O) groups is 2. The van der Waals surface area contributed by atoms with E-state index >= 15 is 0 Å². The summed E-state index contributed by atoms with van der Waals surface area (Å²) in [4.78, 5) is 30.7. The highest BCUT2D eigenvalue weighted by molar-refractivity contribution is 6.05. The zero-order chi connectivity index (χ0) is 35.9. The van der Waals surface area contributed by atoms with Gasteiger partial charge in [-0.05, 0) is 87.9 Å². The van der Waals surface area contributed by atoms with Gasteiger partial charge in [-0.2, -0.15) is 0 Å². The predicted octanol–water partition coefficient (Wildman–Crippen LogP) is 2.05. The number of Topliss-reactive ketones (excluding diaryl/α,β-unsaturated/α-hetero) is 1. The van der Waals surface area contributed by atoms with E-state index in [0.717, 1.165) is 0 Å². The molecule has 0 amide bonds. The van der Waals surface area contributed by atoms with E-state index in [4.69, 9.17) is 25.4 Å².